The van der Waals surface area contributed by atoms with Gasteiger partial charge in [-0.15, -0.1) is 0 Å². The summed E-state index contributed by atoms with van der Waals surface area (Å²) in [6.45, 7) is 13.9. The molecule has 42 heavy (non-hydrogen) atoms. The first-order valence-electron chi connectivity index (χ1n) is 15.7. The van der Waals surface area contributed by atoms with Crippen LogP contribution in [0, 0.1) is 11.8 Å². The minimum absolute atomic E-state index is 0.251. The van der Waals surface area contributed by atoms with Crippen LogP contribution in [0.1, 0.15) is 113 Å². The number of amides is 4. The summed E-state index contributed by atoms with van der Waals surface area (Å²) < 4.78 is 12.7. The Morgan fingerprint density at radius 3 is 2.12 bits per heavy atom. The monoisotopic (exact) mass is 610 g/mol. The average Bonchev–Trinajstić information content (AvgIpc) is 3.60. The van der Waals surface area contributed by atoms with Crippen molar-refractivity contribution < 1.29 is 28.2 Å². The van der Waals surface area contributed by atoms with Crippen molar-refractivity contribution in [1.29, 1.82) is 0 Å². The number of nitrogens with one attached hydrogen (secondary N) is 3. The van der Waals surface area contributed by atoms with Crippen molar-refractivity contribution in [3.63, 3.8) is 0 Å². The normalized spacial score (nSPS) is 19.6. The summed E-state index contributed by atoms with van der Waals surface area (Å²) >= 11 is 0. The summed E-state index contributed by atoms with van der Waals surface area (Å²) in [5.41, 5.74) is -0.674. The number of ketones is 1. The first-order valence-corrected chi connectivity index (χ1v) is 17.1. The highest BCUT2D eigenvalue weighted by Crippen LogP contribution is 2.34. The van der Waals surface area contributed by atoms with Crippen molar-refractivity contribution in [2.75, 3.05) is 12.3 Å². The van der Waals surface area contributed by atoms with Crippen LogP contribution in [-0.2, 0) is 30.0 Å². The Bertz CT molecular complexity index is 984. The molecule has 0 aromatic rings. The van der Waals surface area contributed by atoms with Gasteiger partial charge in [0.2, 0.25) is 17.6 Å². The van der Waals surface area contributed by atoms with E-state index >= 15 is 0 Å². The molecular weight excluding hydrogens is 556 g/mol. The standard InChI is InChI=1S/C31H54N4O6S/c1-8-16-31(17-9-2,20-42(41)30(5,6)7)34-29(40)33-26(21(3)4)28(39)35-18-10-11-24(35)27(38)32-23(25(37)19-36)15-14-22-12-13-22/h19,21-24,26H,8-18,20H2,1-7H3,(H,32,38)(H2,33,34,40). The molecule has 1 aliphatic carbocycles. The van der Waals surface area contributed by atoms with Crippen LogP contribution in [0.3, 0.4) is 0 Å². The molecule has 10 nitrogen and oxygen atoms in total. The zero-order chi connectivity index (χ0) is 31.7. The molecule has 0 aromatic heterocycles. The molecule has 0 radical (unpaired) electrons. The van der Waals surface area contributed by atoms with Gasteiger partial charge in [-0.3, -0.25) is 23.4 Å². The van der Waals surface area contributed by atoms with E-state index in [1.54, 1.807) is 0 Å². The number of rotatable bonds is 17. The van der Waals surface area contributed by atoms with Crippen LogP contribution >= 0.6 is 0 Å². The smallest absolute Gasteiger partial charge is 0.315 e. The van der Waals surface area contributed by atoms with Gasteiger partial charge in [0.1, 0.15) is 12.1 Å². The number of likely N-dealkylation sites (tertiary alicyclic amines) is 1. The predicted octanol–water partition coefficient (Wildman–Crippen LogP) is 3.63. The third-order valence-electron chi connectivity index (χ3n) is 8.32. The maximum absolute atomic E-state index is 13.8. The van der Waals surface area contributed by atoms with E-state index in [4.69, 9.17) is 0 Å². The Hall–Kier alpha value is -2.30. The van der Waals surface area contributed by atoms with Crippen LogP contribution in [0.5, 0.6) is 0 Å². The Labute approximate surface area is 254 Å². The highest BCUT2D eigenvalue weighted by Gasteiger charge is 2.41. The third-order valence-corrected chi connectivity index (χ3v) is 10.5. The van der Waals surface area contributed by atoms with Crippen LogP contribution < -0.4 is 16.0 Å². The van der Waals surface area contributed by atoms with E-state index in [1.807, 2.05) is 48.5 Å². The highest BCUT2D eigenvalue weighted by atomic mass is 32.2. The number of urea groups is 1. The Balaban J connectivity index is 2.16. The van der Waals surface area contributed by atoms with Gasteiger partial charge in [-0.05, 0) is 71.1 Å². The summed E-state index contributed by atoms with van der Waals surface area (Å²) in [6, 6.07) is -3.04. The molecule has 4 amide bonds. The first kappa shape index (κ1) is 35.9. The predicted molar refractivity (Wildman–Crippen MR) is 165 cm³/mol. The van der Waals surface area contributed by atoms with Crippen LogP contribution in [0.4, 0.5) is 4.79 Å². The second-order valence-electron chi connectivity index (χ2n) is 13.5. The van der Waals surface area contributed by atoms with Crippen LogP contribution in [-0.4, -0.2) is 79.7 Å². The highest BCUT2D eigenvalue weighted by molar-refractivity contribution is 7.86. The zero-order valence-electron chi connectivity index (χ0n) is 26.8. The van der Waals surface area contributed by atoms with E-state index in [9.17, 15) is 28.2 Å². The molecule has 2 aliphatic rings. The maximum Gasteiger partial charge on any atom is 0.315 e. The Morgan fingerprint density at radius 2 is 1.62 bits per heavy atom. The molecule has 1 saturated heterocycles. The molecule has 4 unspecified atom stereocenters. The molecule has 3 N–H and O–H groups in total. The van der Waals surface area contributed by atoms with Crippen molar-refractivity contribution >= 4 is 40.7 Å². The van der Waals surface area contributed by atoms with Gasteiger partial charge >= 0.3 is 6.03 Å². The van der Waals surface area contributed by atoms with Gasteiger partial charge in [-0.25, -0.2) is 4.79 Å². The summed E-state index contributed by atoms with van der Waals surface area (Å²) in [5, 5.41) is 8.72. The molecule has 1 heterocycles. The number of hydrogen-bond acceptors (Lipinski definition) is 6. The summed E-state index contributed by atoms with van der Waals surface area (Å²) in [6.07, 6.45) is 7.60. The molecule has 0 bridgehead atoms. The van der Waals surface area contributed by atoms with Gasteiger partial charge in [0.05, 0.1) is 11.6 Å². The van der Waals surface area contributed by atoms with Crippen molar-refractivity contribution in [1.82, 2.24) is 20.9 Å². The Kier molecular flexibility index (Phi) is 13.6. The third kappa shape index (κ3) is 10.5. The number of aldehydes is 1. The lowest BCUT2D eigenvalue weighted by Crippen LogP contribution is -2.61. The van der Waals surface area contributed by atoms with Crippen LogP contribution in [0.15, 0.2) is 0 Å². The minimum atomic E-state index is -1.19. The molecule has 0 aromatic carbocycles. The topological polar surface area (TPSA) is 142 Å². The molecule has 2 rings (SSSR count). The minimum Gasteiger partial charge on any atom is -0.344 e. The first-order chi connectivity index (χ1) is 19.7. The van der Waals surface area contributed by atoms with E-state index < -0.39 is 56.9 Å². The number of hydrogen-bond donors (Lipinski definition) is 3. The summed E-state index contributed by atoms with van der Waals surface area (Å²) in [4.78, 5) is 65.4. The molecule has 4 atom stereocenters. The average molecular weight is 611 g/mol. The quantitative estimate of drug-likeness (QED) is 0.170. The lowest BCUT2D eigenvalue weighted by Gasteiger charge is -2.37. The second kappa shape index (κ2) is 16.0. The molecule has 0 spiro atoms. The molecule has 240 valence electrons. The summed E-state index contributed by atoms with van der Waals surface area (Å²) in [7, 11) is -1.19. The number of carbonyl (C=O) groups excluding carboxylic acids is 5. The zero-order valence-corrected chi connectivity index (χ0v) is 27.6. The van der Waals surface area contributed by atoms with Gasteiger partial charge in [-0.2, -0.15) is 0 Å². The maximum atomic E-state index is 13.8. The molecule has 1 aliphatic heterocycles. The molecule has 11 heteroatoms. The van der Waals surface area contributed by atoms with Gasteiger partial charge in [0.25, 0.3) is 0 Å². The van der Waals surface area contributed by atoms with Crippen molar-refractivity contribution in [2.24, 2.45) is 11.8 Å². The summed E-state index contributed by atoms with van der Waals surface area (Å²) in [5.74, 6) is -0.859. The fraction of sp³-hybridized carbons (Fsp3) is 0.839. The fourth-order valence-corrected chi connectivity index (χ4v) is 7.01. The molecule has 1 saturated carbocycles. The van der Waals surface area contributed by atoms with Gasteiger partial charge in [-0.1, -0.05) is 53.4 Å². The van der Waals surface area contributed by atoms with E-state index in [1.165, 1.54) is 4.90 Å². The van der Waals surface area contributed by atoms with Crippen LogP contribution in [0.2, 0.25) is 0 Å². The van der Waals surface area contributed by atoms with E-state index in [2.05, 4.69) is 16.0 Å². The van der Waals surface area contributed by atoms with Gasteiger partial charge in [0.15, 0.2) is 6.29 Å². The molecule has 2 fully saturated rings. The number of carbonyl (C=O) groups is 5. The van der Waals surface area contributed by atoms with Gasteiger partial charge in [0, 0.05) is 27.8 Å². The number of Topliss-reactive ketones (excluding diaryl/α,β-unsaturated/α-hetero) is 1. The van der Waals surface area contributed by atoms with E-state index in [0.29, 0.717) is 50.3 Å². The van der Waals surface area contributed by atoms with Crippen molar-refractivity contribution in [3.8, 4) is 0 Å². The van der Waals surface area contributed by atoms with Crippen LogP contribution in [0.25, 0.3) is 0 Å². The van der Waals surface area contributed by atoms with Crippen molar-refractivity contribution in [2.45, 2.75) is 141 Å². The molecular formula is C31H54N4O6S. The largest absolute Gasteiger partial charge is 0.344 e. The van der Waals surface area contributed by atoms with Crippen molar-refractivity contribution in [3.05, 3.63) is 0 Å². The van der Waals surface area contributed by atoms with E-state index in [-0.39, 0.29) is 18.1 Å². The SMILES string of the molecule is CCCC(CCC)(CS(=O)C(C)(C)C)NC(=O)NC(C(=O)N1CCCC1C(=O)NC(CCC1CC1)C(=O)C=O)C(C)C. The number of nitrogens with zero attached hydrogens (tertiary/aromatic N) is 1. The lowest BCUT2D eigenvalue weighted by atomic mass is 9.90. The van der Waals surface area contributed by atoms with Gasteiger partial charge < -0.3 is 20.9 Å². The second-order valence-corrected chi connectivity index (χ2v) is 15.7. The Morgan fingerprint density at radius 1 is 1.00 bits per heavy atom. The lowest BCUT2D eigenvalue weighted by molar-refractivity contribution is -0.141. The van der Waals surface area contributed by atoms with E-state index in [0.717, 1.165) is 32.1 Å². The fourth-order valence-electron chi connectivity index (χ4n) is 5.71.